The minimum atomic E-state index is 0.221. The van der Waals surface area contributed by atoms with E-state index < -0.39 is 0 Å². The number of hydrogen-bond acceptors (Lipinski definition) is 9. The average Bonchev–Trinajstić information content (AvgIpc) is 3.19. The number of nitrogens with one attached hydrogen (secondary N) is 1. The van der Waals surface area contributed by atoms with Crippen molar-refractivity contribution in [2.24, 2.45) is 0 Å². The second-order valence-corrected chi connectivity index (χ2v) is 6.51. The fourth-order valence-corrected chi connectivity index (χ4v) is 3.10. The van der Waals surface area contributed by atoms with Gasteiger partial charge in [-0.3, -0.25) is 0 Å². The smallest absolute Gasteiger partial charge is 0.223 e. The lowest BCUT2D eigenvalue weighted by Crippen LogP contribution is -2.38. The fourth-order valence-electron chi connectivity index (χ4n) is 3.10. The second kappa shape index (κ2) is 7.75. The molecule has 0 amide bonds. The van der Waals surface area contributed by atoms with Gasteiger partial charge in [-0.05, 0) is 20.5 Å². The summed E-state index contributed by atoms with van der Waals surface area (Å²) in [6, 6.07) is 2.32. The summed E-state index contributed by atoms with van der Waals surface area (Å²) in [6.45, 7) is 4.00. The standard InChI is InChI=1S/C16H25N7O2/c1-11-20-15(21-25-11)7-17-14-6-16(19-10-18-14)23-9-13(24-4)5-12(23)8-22(2)3/h6,10,12-13H,5,7-9H2,1-4H3,(H,17,18,19)/t12-,13-/m0/s1. The number of likely N-dealkylation sites (N-methyl/N-ethyl adjacent to an activating group) is 1. The third-order valence-corrected chi connectivity index (χ3v) is 4.23. The number of anilines is 2. The molecule has 0 saturated carbocycles. The van der Waals surface area contributed by atoms with Crippen molar-refractivity contribution in [3.05, 3.63) is 24.1 Å². The minimum absolute atomic E-state index is 0.221. The lowest BCUT2D eigenvalue weighted by Gasteiger charge is -2.27. The molecule has 0 aliphatic carbocycles. The van der Waals surface area contributed by atoms with Crippen molar-refractivity contribution in [2.75, 3.05) is 44.5 Å². The Bertz CT molecular complexity index is 691. The van der Waals surface area contributed by atoms with Crippen LogP contribution in [-0.2, 0) is 11.3 Å². The zero-order valence-corrected chi connectivity index (χ0v) is 15.1. The molecule has 0 unspecified atom stereocenters. The molecular formula is C16H25N7O2. The SMILES string of the molecule is CO[C@H]1C[C@@H](CN(C)C)N(c2cc(NCc3noc(C)n3)ncn2)C1. The van der Waals surface area contributed by atoms with Crippen molar-refractivity contribution in [3.8, 4) is 0 Å². The van der Waals surface area contributed by atoms with Gasteiger partial charge in [0, 0.05) is 39.2 Å². The number of aromatic nitrogens is 4. The van der Waals surface area contributed by atoms with Gasteiger partial charge in [0.2, 0.25) is 5.89 Å². The zero-order valence-electron chi connectivity index (χ0n) is 15.1. The summed E-state index contributed by atoms with van der Waals surface area (Å²) in [5, 5.41) is 7.09. The normalized spacial score (nSPS) is 20.4. The third kappa shape index (κ3) is 4.43. The van der Waals surface area contributed by atoms with Crippen LogP contribution in [0.25, 0.3) is 0 Å². The number of aryl methyl sites for hydroxylation is 1. The summed E-state index contributed by atoms with van der Waals surface area (Å²) in [5.41, 5.74) is 0. The summed E-state index contributed by atoms with van der Waals surface area (Å²) in [4.78, 5) is 17.4. The van der Waals surface area contributed by atoms with Crippen LogP contribution in [0, 0.1) is 6.92 Å². The van der Waals surface area contributed by atoms with Gasteiger partial charge in [0.05, 0.1) is 12.6 Å². The molecule has 2 aromatic heterocycles. The van der Waals surface area contributed by atoms with Gasteiger partial charge in [-0.1, -0.05) is 5.16 Å². The van der Waals surface area contributed by atoms with E-state index in [1.165, 1.54) is 0 Å². The predicted octanol–water partition coefficient (Wildman–Crippen LogP) is 0.935. The van der Waals surface area contributed by atoms with E-state index in [-0.39, 0.29) is 6.10 Å². The highest BCUT2D eigenvalue weighted by Gasteiger charge is 2.33. The number of hydrogen-bond donors (Lipinski definition) is 1. The van der Waals surface area contributed by atoms with Crippen LogP contribution in [-0.4, -0.2) is 71.4 Å². The van der Waals surface area contributed by atoms with Crippen molar-refractivity contribution in [2.45, 2.75) is 32.0 Å². The summed E-state index contributed by atoms with van der Waals surface area (Å²) in [7, 11) is 5.93. The Morgan fingerprint density at radius 2 is 2.24 bits per heavy atom. The van der Waals surface area contributed by atoms with Crippen molar-refractivity contribution in [3.63, 3.8) is 0 Å². The molecule has 0 bridgehead atoms. The van der Waals surface area contributed by atoms with E-state index in [0.717, 1.165) is 31.1 Å². The molecule has 1 aliphatic heterocycles. The third-order valence-electron chi connectivity index (χ3n) is 4.23. The maximum absolute atomic E-state index is 5.57. The summed E-state index contributed by atoms with van der Waals surface area (Å²) in [5.74, 6) is 2.78. The number of rotatable bonds is 7. The second-order valence-electron chi connectivity index (χ2n) is 6.51. The van der Waals surface area contributed by atoms with E-state index in [2.05, 4.69) is 49.3 Å². The van der Waals surface area contributed by atoms with Crippen LogP contribution in [0.3, 0.4) is 0 Å². The first-order valence-corrected chi connectivity index (χ1v) is 8.34. The highest BCUT2D eigenvalue weighted by atomic mass is 16.5. The largest absolute Gasteiger partial charge is 0.380 e. The van der Waals surface area contributed by atoms with E-state index in [1.54, 1.807) is 20.4 Å². The topological polar surface area (TPSA) is 92.4 Å². The highest BCUT2D eigenvalue weighted by Crippen LogP contribution is 2.27. The first-order chi connectivity index (χ1) is 12.0. The molecule has 3 rings (SSSR count). The van der Waals surface area contributed by atoms with Crippen molar-refractivity contribution in [1.29, 1.82) is 0 Å². The van der Waals surface area contributed by atoms with Crippen LogP contribution in [0.1, 0.15) is 18.1 Å². The van der Waals surface area contributed by atoms with Crippen LogP contribution in [0.2, 0.25) is 0 Å². The van der Waals surface area contributed by atoms with Gasteiger partial charge < -0.3 is 24.4 Å². The summed E-state index contributed by atoms with van der Waals surface area (Å²) < 4.78 is 10.5. The number of methoxy groups -OCH3 is 1. The van der Waals surface area contributed by atoms with Crippen molar-refractivity contribution >= 4 is 11.6 Å². The lowest BCUT2D eigenvalue weighted by molar-refractivity contribution is 0.117. The quantitative estimate of drug-likeness (QED) is 0.785. The summed E-state index contributed by atoms with van der Waals surface area (Å²) in [6.07, 6.45) is 2.79. The van der Waals surface area contributed by atoms with E-state index in [1.807, 2.05) is 6.07 Å². The Labute approximate surface area is 147 Å². The molecule has 9 heteroatoms. The van der Waals surface area contributed by atoms with Crippen molar-refractivity contribution < 1.29 is 9.26 Å². The van der Waals surface area contributed by atoms with Gasteiger partial charge in [-0.25, -0.2) is 9.97 Å². The Morgan fingerprint density at radius 3 is 2.92 bits per heavy atom. The molecule has 3 heterocycles. The summed E-state index contributed by atoms with van der Waals surface area (Å²) >= 11 is 0. The van der Waals surface area contributed by atoms with Gasteiger partial charge in [0.15, 0.2) is 5.82 Å². The molecule has 9 nitrogen and oxygen atoms in total. The minimum Gasteiger partial charge on any atom is -0.380 e. The Morgan fingerprint density at radius 1 is 1.40 bits per heavy atom. The number of nitrogens with zero attached hydrogens (tertiary/aromatic N) is 6. The van der Waals surface area contributed by atoms with Crippen LogP contribution >= 0.6 is 0 Å². The van der Waals surface area contributed by atoms with E-state index in [4.69, 9.17) is 9.26 Å². The highest BCUT2D eigenvalue weighted by molar-refractivity contribution is 5.50. The van der Waals surface area contributed by atoms with Crippen LogP contribution in [0.15, 0.2) is 16.9 Å². The monoisotopic (exact) mass is 347 g/mol. The lowest BCUT2D eigenvalue weighted by atomic mass is 10.2. The zero-order chi connectivity index (χ0) is 17.8. The first kappa shape index (κ1) is 17.6. The fraction of sp³-hybridized carbons (Fsp3) is 0.625. The van der Waals surface area contributed by atoms with E-state index in [0.29, 0.717) is 24.3 Å². The molecule has 1 saturated heterocycles. The van der Waals surface area contributed by atoms with Gasteiger partial charge >= 0.3 is 0 Å². The van der Waals surface area contributed by atoms with E-state index >= 15 is 0 Å². The molecule has 2 atom stereocenters. The molecule has 1 fully saturated rings. The molecule has 0 aromatic carbocycles. The maximum atomic E-state index is 5.57. The maximum Gasteiger partial charge on any atom is 0.223 e. The van der Waals surface area contributed by atoms with Crippen molar-refractivity contribution in [1.82, 2.24) is 25.0 Å². The molecule has 0 radical (unpaired) electrons. The predicted molar refractivity (Wildman–Crippen MR) is 93.5 cm³/mol. The Kier molecular flexibility index (Phi) is 5.44. The van der Waals surface area contributed by atoms with Gasteiger partial charge in [-0.15, -0.1) is 0 Å². The average molecular weight is 347 g/mol. The first-order valence-electron chi connectivity index (χ1n) is 8.34. The Balaban J connectivity index is 1.70. The van der Waals surface area contributed by atoms with E-state index in [9.17, 15) is 0 Å². The molecule has 2 aromatic rings. The molecule has 0 spiro atoms. The van der Waals surface area contributed by atoms with Gasteiger partial charge in [-0.2, -0.15) is 4.98 Å². The molecule has 25 heavy (non-hydrogen) atoms. The molecule has 136 valence electrons. The molecular weight excluding hydrogens is 322 g/mol. The number of ether oxygens (including phenoxy) is 1. The molecule has 1 N–H and O–H groups in total. The van der Waals surface area contributed by atoms with Gasteiger partial charge in [0.25, 0.3) is 0 Å². The van der Waals surface area contributed by atoms with Crippen LogP contribution in [0.5, 0.6) is 0 Å². The van der Waals surface area contributed by atoms with Gasteiger partial charge in [0.1, 0.15) is 18.0 Å². The van der Waals surface area contributed by atoms with Crippen LogP contribution < -0.4 is 10.2 Å². The van der Waals surface area contributed by atoms with Crippen LogP contribution in [0.4, 0.5) is 11.6 Å². The Hall–Kier alpha value is -2.26. The molecule has 1 aliphatic rings.